The zero-order chi connectivity index (χ0) is 13.9. The Kier molecular flexibility index (Phi) is 3.74. The Labute approximate surface area is 119 Å². The van der Waals surface area contributed by atoms with E-state index in [4.69, 9.17) is 10.5 Å². The molecule has 1 aromatic heterocycles. The van der Waals surface area contributed by atoms with Crippen LogP contribution in [0.5, 0.6) is 5.75 Å². The fourth-order valence-corrected chi connectivity index (χ4v) is 2.62. The summed E-state index contributed by atoms with van der Waals surface area (Å²) >= 11 is 0. The lowest BCUT2D eigenvalue weighted by molar-refractivity contribution is 0.357. The highest BCUT2D eigenvalue weighted by molar-refractivity contribution is 5.39. The molecule has 0 bridgehead atoms. The van der Waals surface area contributed by atoms with E-state index in [1.165, 1.54) is 11.1 Å². The maximum absolute atomic E-state index is 5.79. The summed E-state index contributed by atoms with van der Waals surface area (Å²) in [6.45, 7) is 3.78. The van der Waals surface area contributed by atoms with E-state index >= 15 is 0 Å². The first-order valence-corrected chi connectivity index (χ1v) is 7.21. The van der Waals surface area contributed by atoms with Gasteiger partial charge in [-0.05, 0) is 30.5 Å². The summed E-state index contributed by atoms with van der Waals surface area (Å²) in [4.78, 5) is 4.39. The minimum Gasteiger partial charge on any atom is -0.493 e. The van der Waals surface area contributed by atoms with E-state index < -0.39 is 0 Å². The van der Waals surface area contributed by atoms with Crippen LogP contribution in [0.3, 0.4) is 0 Å². The zero-order valence-corrected chi connectivity index (χ0v) is 11.9. The van der Waals surface area contributed by atoms with Gasteiger partial charge >= 0.3 is 0 Å². The zero-order valence-electron chi connectivity index (χ0n) is 11.9. The van der Waals surface area contributed by atoms with Gasteiger partial charge in [-0.15, -0.1) is 0 Å². The highest BCUT2D eigenvalue weighted by atomic mass is 16.5. The van der Waals surface area contributed by atoms with Crippen molar-refractivity contribution < 1.29 is 4.74 Å². The van der Waals surface area contributed by atoms with Crippen molar-refractivity contribution in [2.45, 2.75) is 38.8 Å². The number of aromatic nitrogens is 2. The molecule has 2 N–H and O–H groups in total. The van der Waals surface area contributed by atoms with E-state index in [-0.39, 0.29) is 6.04 Å². The third kappa shape index (κ3) is 3.02. The molecule has 2 aromatic rings. The molecule has 0 saturated heterocycles. The average Bonchev–Trinajstić information content (AvgIpc) is 3.03. The molecule has 3 rings (SSSR count). The molecule has 4 heteroatoms. The fourth-order valence-electron chi connectivity index (χ4n) is 2.62. The first-order valence-electron chi connectivity index (χ1n) is 7.21. The summed E-state index contributed by atoms with van der Waals surface area (Å²) in [6.07, 6.45) is 6.88. The molecule has 0 fully saturated rings. The molecule has 0 amide bonds. The molecule has 0 radical (unpaired) electrons. The predicted molar refractivity (Wildman–Crippen MR) is 78.9 cm³/mol. The Morgan fingerprint density at radius 2 is 2.35 bits per heavy atom. The number of benzene rings is 1. The van der Waals surface area contributed by atoms with Crippen LogP contribution in [0, 0.1) is 0 Å². The van der Waals surface area contributed by atoms with Crippen LogP contribution in [-0.4, -0.2) is 22.2 Å². The largest absolute Gasteiger partial charge is 0.493 e. The van der Waals surface area contributed by atoms with Gasteiger partial charge < -0.3 is 15.0 Å². The Bertz CT molecular complexity index is 589. The van der Waals surface area contributed by atoms with Crippen LogP contribution >= 0.6 is 0 Å². The van der Waals surface area contributed by atoms with Gasteiger partial charge in [0.15, 0.2) is 0 Å². The van der Waals surface area contributed by atoms with Gasteiger partial charge in [-0.25, -0.2) is 4.98 Å². The summed E-state index contributed by atoms with van der Waals surface area (Å²) in [5.41, 5.74) is 9.56. The van der Waals surface area contributed by atoms with Crippen LogP contribution in [0.15, 0.2) is 30.7 Å². The van der Waals surface area contributed by atoms with Crippen molar-refractivity contribution in [3.05, 3.63) is 47.5 Å². The second kappa shape index (κ2) is 5.67. The van der Waals surface area contributed by atoms with Crippen LogP contribution in [0.25, 0.3) is 0 Å². The Morgan fingerprint density at radius 3 is 3.20 bits per heavy atom. The van der Waals surface area contributed by atoms with Gasteiger partial charge in [0.05, 0.1) is 18.6 Å². The summed E-state index contributed by atoms with van der Waals surface area (Å²) in [5, 5.41) is 0. The molecule has 1 atom stereocenters. The normalized spacial score (nSPS) is 14.9. The lowest BCUT2D eigenvalue weighted by Gasteiger charge is -2.05. The van der Waals surface area contributed by atoms with Crippen LogP contribution in [0.2, 0.25) is 0 Å². The summed E-state index contributed by atoms with van der Waals surface area (Å²) < 4.78 is 7.67. The van der Waals surface area contributed by atoms with Crippen molar-refractivity contribution in [1.29, 1.82) is 0 Å². The number of aryl methyl sites for hydroxylation is 2. The number of ether oxygens (including phenoxy) is 1. The molecule has 2 heterocycles. The number of nitrogens with zero attached hydrogens (tertiary/aromatic N) is 2. The minimum absolute atomic E-state index is 0.162. The number of hydrogen-bond acceptors (Lipinski definition) is 3. The quantitative estimate of drug-likeness (QED) is 0.904. The van der Waals surface area contributed by atoms with Crippen LogP contribution in [-0.2, 0) is 25.8 Å². The van der Waals surface area contributed by atoms with E-state index in [0.717, 1.165) is 43.9 Å². The molecule has 0 saturated carbocycles. The number of rotatable bonds is 5. The van der Waals surface area contributed by atoms with Crippen molar-refractivity contribution in [2.24, 2.45) is 5.73 Å². The van der Waals surface area contributed by atoms with Crippen molar-refractivity contribution >= 4 is 0 Å². The molecule has 1 aromatic carbocycles. The van der Waals surface area contributed by atoms with Crippen LogP contribution in [0.1, 0.15) is 23.7 Å². The summed E-state index contributed by atoms with van der Waals surface area (Å²) in [5.74, 6) is 1.05. The van der Waals surface area contributed by atoms with Gasteiger partial charge in [0.1, 0.15) is 5.75 Å². The third-order valence-corrected chi connectivity index (χ3v) is 3.63. The monoisotopic (exact) mass is 271 g/mol. The standard InChI is InChI=1S/C16H21N3O/c1-12(17)8-15-10-19(11-18-15)6-4-13-2-3-16-14(9-13)5-7-20-16/h2-3,9-12H,4-8,17H2,1H3. The Hall–Kier alpha value is -1.81. The molecule has 0 aliphatic carbocycles. The highest BCUT2D eigenvalue weighted by Crippen LogP contribution is 2.26. The summed E-state index contributed by atoms with van der Waals surface area (Å²) in [7, 11) is 0. The molecule has 4 nitrogen and oxygen atoms in total. The Morgan fingerprint density at radius 1 is 1.45 bits per heavy atom. The van der Waals surface area contributed by atoms with Gasteiger partial charge in [-0.3, -0.25) is 0 Å². The third-order valence-electron chi connectivity index (χ3n) is 3.63. The Balaban J connectivity index is 1.60. The smallest absolute Gasteiger partial charge is 0.122 e. The minimum atomic E-state index is 0.162. The molecule has 0 spiro atoms. The number of imidazole rings is 1. The first kappa shape index (κ1) is 13.2. The van der Waals surface area contributed by atoms with Crippen LogP contribution in [0.4, 0.5) is 0 Å². The average molecular weight is 271 g/mol. The van der Waals surface area contributed by atoms with E-state index in [9.17, 15) is 0 Å². The summed E-state index contributed by atoms with van der Waals surface area (Å²) in [6, 6.07) is 6.68. The SMILES string of the molecule is CC(N)Cc1cn(CCc2ccc3c(c2)CCO3)cn1. The van der Waals surface area contributed by atoms with E-state index in [2.05, 4.69) is 33.9 Å². The van der Waals surface area contributed by atoms with Crippen molar-refractivity contribution in [2.75, 3.05) is 6.61 Å². The van der Waals surface area contributed by atoms with Crippen molar-refractivity contribution in [1.82, 2.24) is 9.55 Å². The van der Waals surface area contributed by atoms with Gasteiger partial charge in [0, 0.05) is 31.6 Å². The maximum Gasteiger partial charge on any atom is 0.122 e. The maximum atomic E-state index is 5.79. The molecule has 1 unspecified atom stereocenters. The van der Waals surface area contributed by atoms with Crippen molar-refractivity contribution in [3.63, 3.8) is 0 Å². The number of nitrogens with two attached hydrogens (primary N) is 1. The molecular weight excluding hydrogens is 250 g/mol. The van der Waals surface area contributed by atoms with E-state index in [0.29, 0.717) is 0 Å². The van der Waals surface area contributed by atoms with Crippen molar-refractivity contribution in [3.8, 4) is 5.75 Å². The molecular formula is C16H21N3O. The number of hydrogen-bond donors (Lipinski definition) is 1. The fraction of sp³-hybridized carbons (Fsp3) is 0.438. The van der Waals surface area contributed by atoms with E-state index in [1.54, 1.807) is 0 Å². The molecule has 1 aliphatic heterocycles. The predicted octanol–water partition coefficient (Wildman–Crippen LogP) is 1.95. The van der Waals surface area contributed by atoms with E-state index in [1.807, 2.05) is 13.3 Å². The lowest BCUT2D eigenvalue weighted by Crippen LogP contribution is -2.17. The molecule has 20 heavy (non-hydrogen) atoms. The number of fused-ring (bicyclic) bond motifs is 1. The topological polar surface area (TPSA) is 53.1 Å². The second-order valence-corrected chi connectivity index (χ2v) is 5.57. The van der Waals surface area contributed by atoms with Crippen LogP contribution < -0.4 is 10.5 Å². The lowest BCUT2D eigenvalue weighted by atomic mass is 10.1. The van der Waals surface area contributed by atoms with Gasteiger partial charge in [-0.1, -0.05) is 12.1 Å². The van der Waals surface area contributed by atoms with Gasteiger partial charge in [-0.2, -0.15) is 0 Å². The highest BCUT2D eigenvalue weighted by Gasteiger charge is 2.11. The molecule has 106 valence electrons. The second-order valence-electron chi connectivity index (χ2n) is 5.57. The van der Waals surface area contributed by atoms with Gasteiger partial charge in [0.25, 0.3) is 0 Å². The van der Waals surface area contributed by atoms with Gasteiger partial charge in [0.2, 0.25) is 0 Å². The molecule has 1 aliphatic rings. The first-order chi connectivity index (χ1) is 9.70.